The highest BCUT2D eigenvalue weighted by atomic mass is 16.2. The average Bonchev–Trinajstić information content (AvgIpc) is 2.79. The molecule has 1 aromatic rings. The zero-order valence-corrected chi connectivity index (χ0v) is 11.7. The number of fused-ring (bicyclic) bond motifs is 4. The van der Waals surface area contributed by atoms with Crippen LogP contribution in [-0.2, 0) is 4.79 Å². The Morgan fingerprint density at radius 1 is 1.35 bits per heavy atom. The first-order valence-corrected chi connectivity index (χ1v) is 7.12. The Hall–Kier alpha value is -2.02. The molecule has 0 saturated carbocycles. The highest BCUT2D eigenvalue weighted by Gasteiger charge is 2.36. The van der Waals surface area contributed by atoms with E-state index in [9.17, 15) is 4.79 Å². The number of hydrogen-bond donors (Lipinski definition) is 0. The molecule has 3 saturated heterocycles. The van der Waals surface area contributed by atoms with Crippen molar-refractivity contribution in [3.05, 3.63) is 23.9 Å². The molecule has 0 aromatic carbocycles. The third-order valence-electron chi connectivity index (χ3n) is 4.36. The van der Waals surface area contributed by atoms with Crippen LogP contribution < -0.4 is 4.90 Å². The van der Waals surface area contributed by atoms with E-state index in [-0.39, 0.29) is 5.91 Å². The van der Waals surface area contributed by atoms with Crippen molar-refractivity contribution in [3.8, 4) is 12.3 Å². The van der Waals surface area contributed by atoms with Gasteiger partial charge in [0.25, 0.3) is 0 Å². The Kier molecular flexibility index (Phi) is 3.35. The third-order valence-corrected chi connectivity index (χ3v) is 4.36. The van der Waals surface area contributed by atoms with Gasteiger partial charge in [-0.25, -0.2) is 4.98 Å². The largest absolute Gasteiger partial charge is 0.354 e. The molecule has 4 heteroatoms. The number of terminal acetylenes is 1. The van der Waals surface area contributed by atoms with E-state index in [2.05, 4.69) is 15.8 Å². The monoisotopic (exact) mass is 269 g/mol. The molecular formula is C16H19N3O. The maximum absolute atomic E-state index is 11.7. The van der Waals surface area contributed by atoms with Gasteiger partial charge in [-0.05, 0) is 30.9 Å². The van der Waals surface area contributed by atoms with Gasteiger partial charge in [-0.3, -0.25) is 4.79 Å². The van der Waals surface area contributed by atoms with E-state index in [4.69, 9.17) is 6.42 Å². The predicted molar refractivity (Wildman–Crippen MR) is 78.3 cm³/mol. The number of carbonyl (C=O) groups is 1. The van der Waals surface area contributed by atoms with Gasteiger partial charge in [0.15, 0.2) is 0 Å². The number of nitrogens with zero attached hydrogens (tertiary/aromatic N) is 3. The van der Waals surface area contributed by atoms with Gasteiger partial charge in [-0.2, -0.15) is 0 Å². The second-order valence-corrected chi connectivity index (χ2v) is 5.72. The first kappa shape index (κ1) is 13.0. The molecule has 2 unspecified atom stereocenters. The van der Waals surface area contributed by atoms with E-state index < -0.39 is 0 Å². The van der Waals surface area contributed by atoms with Crippen LogP contribution in [-0.4, -0.2) is 41.5 Å². The molecule has 0 aliphatic carbocycles. The molecule has 3 fully saturated rings. The Morgan fingerprint density at radius 3 is 2.85 bits per heavy atom. The highest BCUT2D eigenvalue weighted by Crippen LogP contribution is 2.30. The maximum atomic E-state index is 11.7. The quantitative estimate of drug-likeness (QED) is 0.725. The SMILES string of the molecule is C#Cc1ccc(N2CC3CCC(C2)N(C(C)=O)C3)nc1. The second kappa shape index (κ2) is 5.16. The molecule has 1 amide bonds. The molecule has 0 N–H and O–H groups in total. The van der Waals surface area contributed by atoms with Gasteiger partial charge in [0.2, 0.25) is 5.91 Å². The van der Waals surface area contributed by atoms with E-state index >= 15 is 0 Å². The molecule has 4 rings (SSSR count). The first-order chi connectivity index (χ1) is 9.67. The number of pyridine rings is 1. The fraction of sp³-hybridized carbons (Fsp3) is 0.500. The first-order valence-electron chi connectivity index (χ1n) is 7.12. The van der Waals surface area contributed by atoms with Crippen molar-refractivity contribution in [2.45, 2.75) is 25.8 Å². The molecule has 4 nitrogen and oxygen atoms in total. The van der Waals surface area contributed by atoms with Gasteiger partial charge >= 0.3 is 0 Å². The van der Waals surface area contributed by atoms with E-state index in [1.165, 1.54) is 6.42 Å². The molecule has 0 radical (unpaired) electrons. The van der Waals surface area contributed by atoms with Crippen LogP contribution in [0.4, 0.5) is 5.82 Å². The van der Waals surface area contributed by atoms with Crippen molar-refractivity contribution < 1.29 is 4.79 Å². The van der Waals surface area contributed by atoms with Crippen LogP contribution in [0.15, 0.2) is 18.3 Å². The summed E-state index contributed by atoms with van der Waals surface area (Å²) < 4.78 is 0. The summed E-state index contributed by atoms with van der Waals surface area (Å²) in [6.45, 7) is 4.41. The lowest BCUT2D eigenvalue weighted by Crippen LogP contribution is -2.46. The lowest BCUT2D eigenvalue weighted by molar-refractivity contribution is -0.132. The molecule has 104 valence electrons. The van der Waals surface area contributed by atoms with Crippen LogP contribution >= 0.6 is 0 Å². The van der Waals surface area contributed by atoms with Crippen molar-refractivity contribution >= 4 is 11.7 Å². The summed E-state index contributed by atoms with van der Waals surface area (Å²) in [5.41, 5.74) is 0.803. The molecule has 20 heavy (non-hydrogen) atoms. The van der Waals surface area contributed by atoms with Crippen LogP contribution in [0.5, 0.6) is 0 Å². The molecule has 2 bridgehead atoms. The number of piperidine rings is 1. The van der Waals surface area contributed by atoms with Crippen molar-refractivity contribution in [1.82, 2.24) is 9.88 Å². The van der Waals surface area contributed by atoms with Crippen LogP contribution in [0, 0.1) is 18.3 Å². The lowest BCUT2D eigenvalue weighted by atomic mass is 9.95. The standard InChI is InChI=1S/C16H19N3O/c1-3-13-5-7-16(17-8-13)18-9-14-4-6-15(11-18)19(10-14)12(2)20/h1,5,7-8,14-15H,4,6,9-11H2,2H3. The van der Waals surface area contributed by atoms with E-state index in [0.717, 1.165) is 37.4 Å². The third kappa shape index (κ3) is 2.36. The number of aromatic nitrogens is 1. The van der Waals surface area contributed by atoms with Crippen molar-refractivity contribution in [2.24, 2.45) is 5.92 Å². The molecule has 3 aliphatic rings. The molecule has 4 heterocycles. The summed E-state index contributed by atoms with van der Waals surface area (Å²) in [7, 11) is 0. The zero-order valence-electron chi connectivity index (χ0n) is 11.7. The normalized spacial score (nSPS) is 25.2. The summed E-state index contributed by atoms with van der Waals surface area (Å²) in [4.78, 5) is 20.5. The molecule has 2 atom stereocenters. The topological polar surface area (TPSA) is 36.4 Å². The van der Waals surface area contributed by atoms with Gasteiger partial charge in [-0.15, -0.1) is 6.42 Å². The Labute approximate surface area is 119 Å². The summed E-state index contributed by atoms with van der Waals surface area (Å²) in [5, 5.41) is 0. The van der Waals surface area contributed by atoms with Gasteiger partial charge in [0, 0.05) is 44.4 Å². The van der Waals surface area contributed by atoms with Crippen LogP contribution in [0.1, 0.15) is 25.3 Å². The Balaban J connectivity index is 1.82. The summed E-state index contributed by atoms with van der Waals surface area (Å²) in [6, 6.07) is 4.23. The average molecular weight is 269 g/mol. The van der Waals surface area contributed by atoms with E-state index in [0.29, 0.717) is 12.0 Å². The minimum atomic E-state index is 0.192. The fourth-order valence-corrected chi connectivity index (χ4v) is 3.31. The second-order valence-electron chi connectivity index (χ2n) is 5.72. The van der Waals surface area contributed by atoms with Gasteiger partial charge in [0.1, 0.15) is 5.82 Å². The van der Waals surface area contributed by atoms with Gasteiger partial charge in [-0.1, -0.05) is 5.92 Å². The van der Waals surface area contributed by atoms with Gasteiger partial charge in [0.05, 0.1) is 0 Å². The summed E-state index contributed by atoms with van der Waals surface area (Å²) in [5.74, 6) is 4.29. The van der Waals surface area contributed by atoms with E-state index in [1.807, 2.05) is 17.0 Å². The van der Waals surface area contributed by atoms with E-state index in [1.54, 1.807) is 13.1 Å². The fourth-order valence-electron chi connectivity index (χ4n) is 3.31. The zero-order chi connectivity index (χ0) is 14.1. The van der Waals surface area contributed by atoms with Crippen molar-refractivity contribution in [1.29, 1.82) is 0 Å². The number of rotatable bonds is 1. The molecule has 1 aromatic heterocycles. The van der Waals surface area contributed by atoms with Gasteiger partial charge < -0.3 is 9.80 Å². The highest BCUT2D eigenvalue weighted by molar-refractivity contribution is 5.74. The minimum absolute atomic E-state index is 0.192. The lowest BCUT2D eigenvalue weighted by Gasteiger charge is -2.35. The van der Waals surface area contributed by atoms with Crippen LogP contribution in [0.3, 0.4) is 0 Å². The summed E-state index contributed by atoms with van der Waals surface area (Å²) >= 11 is 0. The van der Waals surface area contributed by atoms with Crippen LogP contribution in [0.25, 0.3) is 0 Å². The number of carbonyl (C=O) groups excluding carboxylic acids is 1. The summed E-state index contributed by atoms with van der Waals surface area (Å²) in [6.07, 6.45) is 9.40. The van der Waals surface area contributed by atoms with Crippen molar-refractivity contribution in [2.75, 3.05) is 24.5 Å². The maximum Gasteiger partial charge on any atom is 0.219 e. The number of amides is 1. The number of hydrogen-bond acceptors (Lipinski definition) is 3. The smallest absolute Gasteiger partial charge is 0.219 e. The van der Waals surface area contributed by atoms with Crippen LogP contribution in [0.2, 0.25) is 0 Å². The molecule has 3 aliphatic heterocycles. The Bertz CT molecular complexity index is 546. The molecule has 0 spiro atoms. The molecular weight excluding hydrogens is 250 g/mol. The Morgan fingerprint density at radius 2 is 2.20 bits per heavy atom. The predicted octanol–water partition coefficient (Wildman–Crippen LogP) is 1.51. The number of anilines is 1. The minimum Gasteiger partial charge on any atom is -0.354 e. The van der Waals surface area contributed by atoms with Crippen molar-refractivity contribution in [3.63, 3.8) is 0 Å².